The number of hydrogen-bond acceptors (Lipinski definition) is 2. The Kier molecular flexibility index (Phi) is 5.24. The van der Waals surface area contributed by atoms with Crippen LogP contribution in [0.25, 0.3) is 0 Å². The molecule has 0 amide bonds. The highest BCUT2D eigenvalue weighted by molar-refractivity contribution is 5.27. The number of ether oxygens (including phenoxy) is 1. The molecule has 3 atom stereocenters. The third-order valence-corrected chi connectivity index (χ3v) is 4.26. The van der Waals surface area contributed by atoms with Gasteiger partial charge in [-0.3, -0.25) is 0 Å². The second-order valence-electron chi connectivity index (χ2n) is 6.14. The Morgan fingerprint density at radius 3 is 2.60 bits per heavy atom. The van der Waals surface area contributed by atoms with Crippen molar-refractivity contribution in [2.75, 3.05) is 7.11 Å². The van der Waals surface area contributed by atoms with E-state index < -0.39 is 0 Å². The lowest BCUT2D eigenvalue weighted by atomic mass is 9.79. The highest BCUT2D eigenvalue weighted by Crippen LogP contribution is 2.31. The minimum Gasteiger partial charge on any atom is -0.497 e. The summed E-state index contributed by atoms with van der Waals surface area (Å²) in [5.41, 5.74) is 2.69. The van der Waals surface area contributed by atoms with Crippen molar-refractivity contribution in [3.63, 3.8) is 0 Å². The molecule has 0 spiro atoms. The lowest BCUT2D eigenvalue weighted by Crippen LogP contribution is -2.25. The van der Waals surface area contributed by atoms with Gasteiger partial charge in [0.15, 0.2) is 0 Å². The molecule has 0 heterocycles. The van der Waals surface area contributed by atoms with Crippen LogP contribution in [0.1, 0.15) is 38.7 Å². The van der Waals surface area contributed by atoms with Gasteiger partial charge in [0.1, 0.15) is 5.75 Å². The summed E-state index contributed by atoms with van der Waals surface area (Å²) in [7, 11) is 1.68. The number of benzene rings is 1. The van der Waals surface area contributed by atoms with E-state index in [9.17, 15) is 5.11 Å². The summed E-state index contributed by atoms with van der Waals surface area (Å²) in [6.45, 7) is 4.42. The molecule has 0 saturated heterocycles. The van der Waals surface area contributed by atoms with E-state index in [2.05, 4.69) is 32.1 Å². The molecule has 0 radical (unpaired) electrons. The molecular formula is C18H26O2. The van der Waals surface area contributed by atoms with Gasteiger partial charge in [0.25, 0.3) is 0 Å². The first-order chi connectivity index (χ1) is 9.58. The Bertz CT molecular complexity index is 447. The molecule has 1 aliphatic carbocycles. The average molecular weight is 274 g/mol. The molecule has 2 nitrogen and oxygen atoms in total. The van der Waals surface area contributed by atoms with Gasteiger partial charge in [0.05, 0.1) is 13.2 Å². The van der Waals surface area contributed by atoms with Gasteiger partial charge in [0.2, 0.25) is 0 Å². The van der Waals surface area contributed by atoms with Crippen molar-refractivity contribution in [3.05, 3.63) is 41.5 Å². The van der Waals surface area contributed by atoms with Crippen LogP contribution in [0.15, 0.2) is 35.9 Å². The first-order valence-corrected chi connectivity index (χ1v) is 7.56. The Labute approximate surface area is 122 Å². The van der Waals surface area contributed by atoms with Crippen LogP contribution in [0.2, 0.25) is 0 Å². The largest absolute Gasteiger partial charge is 0.497 e. The van der Waals surface area contributed by atoms with Crippen LogP contribution < -0.4 is 4.74 Å². The molecule has 110 valence electrons. The van der Waals surface area contributed by atoms with Crippen molar-refractivity contribution in [2.24, 2.45) is 11.8 Å². The fraction of sp³-hybridized carbons (Fsp3) is 0.556. The van der Waals surface area contributed by atoms with Crippen LogP contribution in [-0.4, -0.2) is 18.3 Å². The number of allylic oxidation sites excluding steroid dienone is 2. The summed E-state index contributed by atoms with van der Waals surface area (Å²) in [5.74, 6) is 1.91. The fourth-order valence-electron chi connectivity index (χ4n) is 3.23. The van der Waals surface area contributed by atoms with Crippen molar-refractivity contribution in [1.82, 2.24) is 0 Å². The Morgan fingerprint density at radius 1 is 1.30 bits per heavy atom. The van der Waals surface area contributed by atoms with E-state index in [0.29, 0.717) is 11.8 Å². The summed E-state index contributed by atoms with van der Waals surface area (Å²) in [5, 5.41) is 10.4. The number of aryl methyl sites for hydroxylation is 1. The number of aliphatic hydroxyl groups excluding tert-OH is 1. The highest BCUT2D eigenvalue weighted by Gasteiger charge is 2.24. The smallest absolute Gasteiger partial charge is 0.118 e. The molecule has 0 bridgehead atoms. The first-order valence-electron chi connectivity index (χ1n) is 7.56. The molecule has 0 fully saturated rings. The third kappa shape index (κ3) is 4.11. The zero-order chi connectivity index (χ0) is 14.5. The minimum atomic E-state index is -0.191. The third-order valence-electron chi connectivity index (χ3n) is 4.26. The van der Waals surface area contributed by atoms with Crippen LogP contribution in [-0.2, 0) is 6.42 Å². The summed E-state index contributed by atoms with van der Waals surface area (Å²) >= 11 is 0. The monoisotopic (exact) mass is 274 g/mol. The van der Waals surface area contributed by atoms with Gasteiger partial charge in [-0.15, -0.1) is 0 Å². The van der Waals surface area contributed by atoms with Gasteiger partial charge < -0.3 is 9.84 Å². The van der Waals surface area contributed by atoms with E-state index in [1.165, 1.54) is 11.1 Å². The SMILES string of the molecule is COc1ccc(CCC(O)C2CC(C)=CC(C)C2)cc1. The van der Waals surface area contributed by atoms with E-state index in [4.69, 9.17) is 4.74 Å². The van der Waals surface area contributed by atoms with E-state index in [0.717, 1.165) is 31.4 Å². The zero-order valence-electron chi connectivity index (χ0n) is 12.8. The van der Waals surface area contributed by atoms with Gasteiger partial charge >= 0.3 is 0 Å². The van der Waals surface area contributed by atoms with Crippen LogP contribution >= 0.6 is 0 Å². The highest BCUT2D eigenvalue weighted by atomic mass is 16.5. The first kappa shape index (κ1) is 15.1. The van der Waals surface area contributed by atoms with Gasteiger partial charge in [-0.05, 0) is 62.1 Å². The fourth-order valence-corrected chi connectivity index (χ4v) is 3.23. The number of rotatable bonds is 5. The molecule has 1 aromatic rings. The van der Waals surface area contributed by atoms with E-state index >= 15 is 0 Å². The molecule has 2 heteroatoms. The molecule has 1 aromatic carbocycles. The van der Waals surface area contributed by atoms with E-state index in [1.54, 1.807) is 7.11 Å². The minimum absolute atomic E-state index is 0.191. The van der Waals surface area contributed by atoms with Crippen molar-refractivity contribution in [2.45, 2.75) is 45.6 Å². The van der Waals surface area contributed by atoms with E-state index in [1.807, 2.05) is 12.1 Å². The topological polar surface area (TPSA) is 29.5 Å². The van der Waals surface area contributed by atoms with Crippen LogP contribution in [0.3, 0.4) is 0 Å². The molecule has 20 heavy (non-hydrogen) atoms. The maximum atomic E-state index is 10.4. The molecular weight excluding hydrogens is 248 g/mol. The quantitative estimate of drug-likeness (QED) is 0.823. The maximum absolute atomic E-state index is 10.4. The maximum Gasteiger partial charge on any atom is 0.118 e. The lowest BCUT2D eigenvalue weighted by molar-refractivity contribution is 0.0853. The van der Waals surface area contributed by atoms with Crippen LogP contribution in [0, 0.1) is 11.8 Å². The van der Waals surface area contributed by atoms with E-state index in [-0.39, 0.29) is 6.10 Å². The molecule has 0 aromatic heterocycles. The van der Waals surface area contributed by atoms with Crippen LogP contribution in [0.5, 0.6) is 5.75 Å². The van der Waals surface area contributed by atoms with Crippen molar-refractivity contribution >= 4 is 0 Å². The molecule has 3 unspecified atom stereocenters. The van der Waals surface area contributed by atoms with Gasteiger partial charge in [-0.25, -0.2) is 0 Å². The summed E-state index contributed by atoms with van der Waals surface area (Å²) in [4.78, 5) is 0. The van der Waals surface area contributed by atoms with Gasteiger partial charge in [0, 0.05) is 0 Å². The van der Waals surface area contributed by atoms with Gasteiger partial charge in [-0.1, -0.05) is 30.7 Å². The molecule has 1 N–H and O–H groups in total. The Hall–Kier alpha value is -1.28. The Morgan fingerprint density at radius 2 is 2.00 bits per heavy atom. The lowest BCUT2D eigenvalue weighted by Gasteiger charge is -2.29. The number of hydrogen-bond donors (Lipinski definition) is 1. The Balaban J connectivity index is 1.85. The zero-order valence-corrected chi connectivity index (χ0v) is 12.8. The predicted molar refractivity (Wildman–Crippen MR) is 83.0 cm³/mol. The van der Waals surface area contributed by atoms with Crippen molar-refractivity contribution < 1.29 is 9.84 Å². The number of aliphatic hydroxyl groups is 1. The standard InChI is InChI=1S/C18H26O2/c1-13-10-14(2)12-16(11-13)18(19)9-6-15-4-7-17(20-3)8-5-15/h4-5,7-8,10,13,16,18-19H,6,9,11-12H2,1-3H3. The molecule has 1 aliphatic rings. The molecule has 2 rings (SSSR count). The summed E-state index contributed by atoms with van der Waals surface area (Å²) < 4.78 is 5.16. The van der Waals surface area contributed by atoms with Gasteiger partial charge in [-0.2, -0.15) is 0 Å². The average Bonchev–Trinajstić information content (AvgIpc) is 2.44. The molecule has 0 saturated carbocycles. The summed E-state index contributed by atoms with van der Waals surface area (Å²) in [6, 6.07) is 8.13. The van der Waals surface area contributed by atoms with Crippen molar-refractivity contribution in [1.29, 1.82) is 0 Å². The second kappa shape index (κ2) is 6.94. The second-order valence-corrected chi connectivity index (χ2v) is 6.14. The predicted octanol–water partition coefficient (Wildman–Crippen LogP) is 3.98. The molecule has 0 aliphatic heterocycles. The van der Waals surface area contributed by atoms with Crippen LogP contribution in [0.4, 0.5) is 0 Å². The van der Waals surface area contributed by atoms with Crippen molar-refractivity contribution in [3.8, 4) is 5.75 Å². The normalized spacial score (nSPS) is 24.1. The number of methoxy groups -OCH3 is 1. The summed E-state index contributed by atoms with van der Waals surface area (Å²) in [6.07, 6.45) is 6.08.